The van der Waals surface area contributed by atoms with Crippen LogP contribution in [0.15, 0.2) is 53.5 Å². The molecule has 4 rings (SSSR count). The standard InChI is InChI=1S/C18H18N2O4S/c21-17-15(25-18(22)20(17)13-4-2-1-3-5-13)12-14-6-7-16(24-14)19-8-10-23-11-9-19/h1-7,12,14,16H,8-11H2/b15-12-. The van der Waals surface area contributed by atoms with Crippen molar-refractivity contribution in [1.29, 1.82) is 0 Å². The van der Waals surface area contributed by atoms with E-state index in [1.54, 1.807) is 30.3 Å². The number of rotatable bonds is 3. The summed E-state index contributed by atoms with van der Waals surface area (Å²) in [7, 11) is 0. The van der Waals surface area contributed by atoms with Gasteiger partial charge in [0.15, 0.2) is 0 Å². The molecule has 6 nitrogen and oxygen atoms in total. The first-order valence-corrected chi connectivity index (χ1v) is 9.03. The summed E-state index contributed by atoms with van der Waals surface area (Å²) in [6.45, 7) is 3.06. The fraction of sp³-hybridized carbons (Fsp3) is 0.333. The summed E-state index contributed by atoms with van der Waals surface area (Å²) in [5.41, 5.74) is 0.586. The van der Waals surface area contributed by atoms with Crippen LogP contribution in [0.4, 0.5) is 10.5 Å². The van der Waals surface area contributed by atoms with Gasteiger partial charge in [-0.2, -0.15) is 0 Å². The van der Waals surface area contributed by atoms with Crippen molar-refractivity contribution in [3.05, 3.63) is 53.5 Å². The van der Waals surface area contributed by atoms with Crippen molar-refractivity contribution in [3.63, 3.8) is 0 Å². The second-order valence-corrected chi connectivity index (χ2v) is 6.89. The third kappa shape index (κ3) is 3.41. The number of anilines is 1. The zero-order valence-corrected chi connectivity index (χ0v) is 14.4. The van der Waals surface area contributed by atoms with Gasteiger partial charge in [-0.05, 0) is 36.0 Å². The average Bonchev–Trinajstić information content (AvgIpc) is 3.22. The van der Waals surface area contributed by atoms with Crippen LogP contribution in [0.3, 0.4) is 0 Å². The van der Waals surface area contributed by atoms with E-state index in [9.17, 15) is 9.59 Å². The predicted octanol–water partition coefficient (Wildman–Crippen LogP) is 2.38. The maximum absolute atomic E-state index is 12.6. The number of hydrogen-bond acceptors (Lipinski definition) is 6. The topological polar surface area (TPSA) is 59.1 Å². The van der Waals surface area contributed by atoms with Crippen LogP contribution >= 0.6 is 11.8 Å². The van der Waals surface area contributed by atoms with E-state index < -0.39 is 0 Å². The third-order valence-electron chi connectivity index (χ3n) is 4.29. The molecule has 3 aliphatic rings. The van der Waals surface area contributed by atoms with E-state index in [2.05, 4.69) is 4.90 Å². The molecule has 2 atom stereocenters. The lowest BCUT2D eigenvalue weighted by Gasteiger charge is -2.31. The Bertz CT molecular complexity index is 728. The van der Waals surface area contributed by atoms with Crippen LogP contribution < -0.4 is 4.90 Å². The van der Waals surface area contributed by atoms with Gasteiger partial charge in [-0.3, -0.25) is 14.5 Å². The first-order chi connectivity index (χ1) is 12.2. The number of ether oxygens (including phenoxy) is 2. The molecule has 0 saturated carbocycles. The van der Waals surface area contributed by atoms with E-state index in [-0.39, 0.29) is 23.5 Å². The van der Waals surface area contributed by atoms with Crippen LogP contribution in [0.1, 0.15) is 0 Å². The molecular weight excluding hydrogens is 340 g/mol. The first kappa shape index (κ1) is 16.5. The lowest BCUT2D eigenvalue weighted by atomic mass is 10.2. The largest absolute Gasteiger partial charge is 0.379 e. The number of hydrogen-bond donors (Lipinski definition) is 0. The van der Waals surface area contributed by atoms with Crippen LogP contribution in [-0.2, 0) is 14.3 Å². The number of carbonyl (C=O) groups excluding carboxylic acids is 2. The molecular formula is C18H18N2O4S. The molecule has 2 unspecified atom stereocenters. The SMILES string of the molecule is O=C1S/C(=C\C2C=CC(N3CCOCC3)O2)C(=O)N1c1ccccc1. The summed E-state index contributed by atoms with van der Waals surface area (Å²) in [5, 5.41) is -0.283. The maximum Gasteiger partial charge on any atom is 0.298 e. The zero-order valence-electron chi connectivity index (χ0n) is 13.5. The molecule has 1 aromatic carbocycles. The van der Waals surface area contributed by atoms with Crippen LogP contribution in [0.5, 0.6) is 0 Å². The van der Waals surface area contributed by atoms with E-state index >= 15 is 0 Å². The van der Waals surface area contributed by atoms with Gasteiger partial charge in [0.2, 0.25) is 0 Å². The van der Waals surface area contributed by atoms with Gasteiger partial charge in [-0.1, -0.05) is 24.3 Å². The smallest absolute Gasteiger partial charge is 0.298 e. The molecule has 2 amide bonds. The molecule has 3 aliphatic heterocycles. The second-order valence-electron chi connectivity index (χ2n) is 5.90. The Labute approximate surface area is 150 Å². The molecule has 0 bridgehead atoms. The third-order valence-corrected chi connectivity index (χ3v) is 5.18. The van der Waals surface area contributed by atoms with E-state index in [4.69, 9.17) is 9.47 Å². The number of nitrogens with zero attached hydrogens (tertiary/aromatic N) is 2. The van der Waals surface area contributed by atoms with Crippen molar-refractivity contribution >= 4 is 28.6 Å². The van der Waals surface area contributed by atoms with Crippen LogP contribution in [0.2, 0.25) is 0 Å². The van der Waals surface area contributed by atoms with Gasteiger partial charge >= 0.3 is 0 Å². The van der Waals surface area contributed by atoms with Crippen molar-refractivity contribution in [2.24, 2.45) is 0 Å². The Morgan fingerprint density at radius 3 is 2.60 bits per heavy atom. The molecule has 0 aliphatic carbocycles. The minimum absolute atomic E-state index is 0.104. The van der Waals surface area contributed by atoms with E-state index in [0.717, 1.165) is 24.9 Å². The monoisotopic (exact) mass is 358 g/mol. The molecule has 1 aromatic rings. The number of para-hydroxylation sites is 1. The molecule has 0 radical (unpaired) electrons. The van der Waals surface area contributed by atoms with Crippen LogP contribution in [-0.4, -0.2) is 54.7 Å². The van der Waals surface area contributed by atoms with Gasteiger partial charge < -0.3 is 9.47 Å². The predicted molar refractivity (Wildman–Crippen MR) is 95.2 cm³/mol. The second kappa shape index (κ2) is 7.13. The molecule has 130 valence electrons. The fourth-order valence-electron chi connectivity index (χ4n) is 3.02. The summed E-state index contributed by atoms with van der Waals surface area (Å²) in [6, 6.07) is 8.96. The molecule has 2 saturated heterocycles. The highest BCUT2D eigenvalue weighted by Crippen LogP contribution is 2.35. The van der Waals surface area contributed by atoms with Gasteiger partial charge in [0.1, 0.15) is 6.23 Å². The number of morpholine rings is 1. The average molecular weight is 358 g/mol. The quantitative estimate of drug-likeness (QED) is 0.611. The van der Waals surface area contributed by atoms with Crippen molar-refractivity contribution in [2.75, 3.05) is 31.2 Å². The highest BCUT2D eigenvalue weighted by molar-refractivity contribution is 8.18. The van der Waals surface area contributed by atoms with Gasteiger partial charge in [0.25, 0.3) is 11.1 Å². The van der Waals surface area contributed by atoms with Crippen molar-refractivity contribution < 1.29 is 19.1 Å². The first-order valence-electron chi connectivity index (χ1n) is 8.21. The fourth-order valence-corrected chi connectivity index (χ4v) is 3.87. The maximum atomic E-state index is 12.6. The van der Waals surface area contributed by atoms with Crippen molar-refractivity contribution in [2.45, 2.75) is 12.3 Å². The number of amides is 2. The Balaban J connectivity index is 1.45. The molecule has 2 fully saturated rings. The summed E-state index contributed by atoms with van der Waals surface area (Å²) in [4.78, 5) is 28.6. The van der Waals surface area contributed by atoms with E-state index in [1.165, 1.54) is 4.90 Å². The van der Waals surface area contributed by atoms with E-state index in [0.29, 0.717) is 23.8 Å². The Morgan fingerprint density at radius 1 is 1.08 bits per heavy atom. The summed E-state index contributed by atoms with van der Waals surface area (Å²) >= 11 is 0.951. The molecule has 25 heavy (non-hydrogen) atoms. The molecule has 7 heteroatoms. The Morgan fingerprint density at radius 2 is 1.84 bits per heavy atom. The molecule has 0 N–H and O–H groups in total. The van der Waals surface area contributed by atoms with Gasteiger partial charge in [0, 0.05) is 13.1 Å². The number of imide groups is 1. The number of thioether (sulfide) groups is 1. The molecule has 0 aromatic heterocycles. The minimum atomic E-state index is -0.303. The van der Waals surface area contributed by atoms with Crippen LogP contribution in [0.25, 0.3) is 0 Å². The van der Waals surface area contributed by atoms with Crippen molar-refractivity contribution in [3.8, 4) is 0 Å². The molecule has 3 heterocycles. The minimum Gasteiger partial charge on any atom is -0.379 e. The van der Waals surface area contributed by atoms with E-state index in [1.807, 2.05) is 18.2 Å². The van der Waals surface area contributed by atoms with Gasteiger partial charge in [-0.25, -0.2) is 4.90 Å². The number of benzene rings is 1. The summed E-state index contributed by atoms with van der Waals surface area (Å²) in [5.74, 6) is -0.298. The summed E-state index contributed by atoms with van der Waals surface area (Å²) < 4.78 is 11.3. The Kier molecular flexibility index (Phi) is 4.72. The van der Waals surface area contributed by atoms with Gasteiger partial charge in [-0.15, -0.1) is 0 Å². The lowest BCUT2D eigenvalue weighted by molar-refractivity contribution is -0.113. The molecule has 0 spiro atoms. The summed E-state index contributed by atoms with van der Waals surface area (Å²) in [6.07, 6.45) is 5.24. The van der Waals surface area contributed by atoms with Crippen LogP contribution in [0, 0.1) is 0 Å². The normalized spacial score (nSPS) is 29.1. The number of carbonyl (C=O) groups is 2. The van der Waals surface area contributed by atoms with Crippen molar-refractivity contribution in [1.82, 2.24) is 4.90 Å². The Hall–Kier alpha value is -1.93. The lowest BCUT2D eigenvalue weighted by Crippen LogP contribution is -2.43. The zero-order chi connectivity index (χ0) is 17.2. The highest BCUT2D eigenvalue weighted by Gasteiger charge is 2.37. The highest BCUT2D eigenvalue weighted by atomic mass is 32.2. The van der Waals surface area contributed by atoms with Gasteiger partial charge in [0.05, 0.1) is 29.9 Å².